The van der Waals surface area contributed by atoms with Gasteiger partial charge in [-0.05, 0) is 19.2 Å². The number of hydrogen-bond acceptors (Lipinski definition) is 5. The van der Waals surface area contributed by atoms with Crippen LogP contribution in [0.1, 0.15) is 0 Å². The lowest BCUT2D eigenvalue weighted by Gasteiger charge is -2.32. The summed E-state index contributed by atoms with van der Waals surface area (Å²) >= 11 is 0. The third-order valence-corrected chi connectivity index (χ3v) is 3.85. The molecular weight excluding hydrogens is 270 g/mol. The topological polar surface area (TPSA) is 76.6 Å². The van der Waals surface area contributed by atoms with Gasteiger partial charge in [-0.25, -0.2) is 9.78 Å². The molecule has 0 spiro atoms. The molecule has 2 heterocycles. The van der Waals surface area contributed by atoms with Gasteiger partial charge in [0.1, 0.15) is 5.52 Å². The number of nitrogens with zero attached hydrogens (tertiary/aromatic N) is 4. The van der Waals surface area contributed by atoms with E-state index in [-0.39, 0.29) is 0 Å². The number of aromatic nitrogens is 2. The number of para-hydroxylation sites is 1. The van der Waals surface area contributed by atoms with Crippen molar-refractivity contribution in [2.24, 2.45) is 12.8 Å². The van der Waals surface area contributed by atoms with Crippen molar-refractivity contribution in [2.75, 3.05) is 38.1 Å². The number of imidazole rings is 1. The molecule has 1 saturated heterocycles. The van der Waals surface area contributed by atoms with E-state index >= 15 is 0 Å². The molecule has 1 aliphatic rings. The minimum absolute atomic E-state index is 0.399. The lowest BCUT2D eigenvalue weighted by molar-refractivity contribution is 0.211. The summed E-state index contributed by atoms with van der Waals surface area (Å²) in [5, 5.41) is 0. The molecule has 3 rings (SSSR count). The van der Waals surface area contributed by atoms with E-state index in [1.807, 2.05) is 23.7 Å². The van der Waals surface area contributed by atoms with E-state index < -0.39 is 6.09 Å². The Labute approximate surface area is 122 Å². The molecule has 1 aromatic heterocycles. The Bertz CT molecular complexity index is 673. The molecule has 1 amide bonds. The van der Waals surface area contributed by atoms with Crippen LogP contribution in [-0.2, 0) is 7.05 Å². The molecule has 1 aromatic carbocycles. The van der Waals surface area contributed by atoms with Gasteiger partial charge in [0, 0.05) is 33.2 Å². The Balaban J connectivity index is 2.00. The maximum absolute atomic E-state index is 11.0. The van der Waals surface area contributed by atoms with Crippen molar-refractivity contribution in [1.82, 2.24) is 14.5 Å². The van der Waals surface area contributed by atoms with Crippen molar-refractivity contribution in [2.45, 2.75) is 0 Å². The molecule has 2 aromatic rings. The molecule has 1 aliphatic heterocycles. The number of benzene rings is 1. The van der Waals surface area contributed by atoms with E-state index in [1.165, 1.54) is 0 Å². The van der Waals surface area contributed by atoms with Gasteiger partial charge in [0.15, 0.2) is 5.75 Å². The lowest BCUT2D eigenvalue weighted by atomic mass is 10.3. The number of ether oxygens (including phenoxy) is 1. The Kier molecular flexibility index (Phi) is 3.42. The summed E-state index contributed by atoms with van der Waals surface area (Å²) in [4.78, 5) is 20.2. The molecule has 112 valence electrons. The zero-order chi connectivity index (χ0) is 15.0. The van der Waals surface area contributed by atoms with Crippen LogP contribution in [0.15, 0.2) is 18.2 Å². The van der Waals surface area contributed by atoms with Crippen LogP contribution < -0.4 is 15.4 Å². The number of nitrogens with two attached hydrogens (primary N) is 1. The van der Waals surface area contributed by atoms with E-state index in [1.54, 1.807) is 6.07 Å². The summed E-state index contributed by atoms with van der Waals surface area (Å²) in [5.41, 5.74) is 6.69. The molecule has 0 aliphatic carbocycles. The fourth-order valence-corrected chi connectivity index (χ4v) is 2.66. The lowest BCUT2D eigenvalue weighted by Crippen LogP contribution is -2.45. The quantitative estimate of drug-likeness (QED) is 0.884. The Morgan fingerprint density at radius 3 is 2.62 bits per heavy atom. The van der Waals surface area contributed by atoms with Crippen LogP contribution in [0.2, 0.25) is 0 Å². The highest BCUT2D eigenvalue weighted by Gasteiger charge is 2.21. The van der Waals surface area contributed by atoms with Crippen molar-refractivity contribution in [1.29, 1.82) is 0 Å². The average Bonchev–Trinajstić information content (AvgIpc) is 2.78. The number of rotatable bonds is 2. The summed E-state index contributed by atoms with van der Waals surface area (Å²) in [7, 11) is 4.09. The SMILES string of the molecule is CN1CCN(c2nc3c(OC(N)=O)cccc3n2C)CC1. The van der Waals surface area contributed by atoms with Crippen molar-refractivity contribution in [3.63, 3.8) is 0 Å². The number of anilines is 1. The van der Waals surface area contributed by atoms with E-state index in [0.29, 0.717) is 11.3 Å². The zero-order valence-corrected chi connectivity index (χ0v) is 12.2. The number of primary amides is 1. The normalized spacial score (nSPS) is 16.4. The van der Waals surface area contributed by atoms with Crippen molar-refractivity contribution in [3.8, 4) is 5.75 Å². The molecule has 7 nitrogen and oxygen atoms in total. The van der Waals surface area contributed by atoms with Gasteiger partial charge >= 0.3 is 6.09 Å². The molecule has 7 heteroatoms. The monoisotopic (exact) mass is 289 g/mol. The van der Waals surface area contributed by atoms with Gasteiger partial charge in [0.05, 0.1) is 5.52 Å². The summed E-state index contributed by atoms with van der Waals surface area (Å²) in [5.74, 6) is 1.29. The number of hydrogen-bond donors (Lipinski definition) is 1. The van der Waals surface area contributed by atoms with E-state index in [9.17, 15) is 4.79 Å². The van der Waals surface area contributed by atoms with Gasteiger partial charge in [-0.3, -0.25) is 0 Å². The molecule has 2 N–H and O–H groups in total. The summed E-state index contributed by atoms with van der Waals surface area (Å²) in [6.07, 6.45) is -0.825. The average molecular weight is 289 g/mol. The first kappa shape index (κ1) is 13.7. The van der Waals surface area contributed by atoms with Gasteiger partial charge in [-0.15, -0.1) is 0 Å². The third kappa shape index (κ3) is 2.52. The number of carbonyl (C=O) groups is 1. The number of fused-ring (bicyclic) bond motifs is 1. The molecule has 21 heavy (non-hydrogen) atoms. The highest BCUT2D eigenvalue weighted by atomic mass is 16.5. The predicted octanol–water partition coefficient (Wildman–Crippen LogP) is 0.783. The van der Waals surface area contributed by atoms with Gasteiger partial charge in [-0.1, -0.05) is 6.07 Å². The Morgan fingerprint density at radius 2 is 1.95 bits per heavy atom. The van der Waals surface area contributed by atoms with Crippen LogP contribution >= 0.6 is 0 Å². The van der Waals surface area contributed by atoms with Crippen LogP contribution in [0.3, 0.4) is 0 Å². The second kappa shape index (κ2) is 5.25. The number of carbonyl (C=O) groups excluding carboxylic acids is 1. The number of piperazine rings is 1. The minimum Gasteiger partial charge on any atom is -0.408 e. The van der Waals surface area contributed by atoms with Crippen LogP contribution in [0.5, 0.6) is 5.75 Å². The van der Waals surface area contributed by atoms with Gasteiger partial charge in [0.25, 0.3) is 0 Å². The smallest absolute Gasteiger partial charge is 0.408 e. The molecule has 0 radical (unpaired) electrons. The summed E-state index contributed by atoms with van der Waals surface area (Å²) < 4.78 is 7.06. The summed E-state index contributed by atoms with van der Waals surface area (Å²) in [6, 6.07) is 5.49. The largest absolute Gasteiger partial charge is 0.410 e. The maximum atomic E-state index is 11.0. The van der Waals surface area contributed by atoms with Crippen molar-refractivity contribution >= 4 is 23.1 Å². The molecular formula is C14H19N5O2. The van der Waals surface area contributed by atoms with Crippen LogP contribution in [0.4, 0.5) is 10.7 Å². The van der Waals surface area contributed by atoms with Crippen LogP contribution in [-0.4, -0.2) is 53.8 Å². The molecule has 1 fully saturated rings. The van der Waals surface area contributed by atoms with Crippen molar-refractivity contribution < 1.29 is 9.53 Å². The van der Waals surface area contributed by atoms with Gasteiger partial charge in [-0.2, -0.15) is 0 Å². The summed E-state index contributed by atoms with van der Waals surface area (Å²) in [6.45, 7) is 3.88. The van der Waals surface area contributed by atoms with Crippen molar-refractivity contribution in [3.05, 3.63) is 18.2 Å². The first-order chi connectivity index (χ1) is 10.1. The number of aryl methyl sites for hydroxylation is 1. The van der Waals surface area contributed by atoms with E-state index in [0.717, 1.165) is 37.6 Å². The third-order valence-electron chi connectivity index (χ3n) is 3.85. The first-order valence-corrected chi connectivity index (χ1v) is 6.92. The highest BCUT2D eigenvalue weighted by molar-refractivity contribution is 5.87. The second-order valence-electron chi connectivity index (χ2n) is 5.31. The molecule has 0 saturated carbocycles. The van der Waals surface area contributed by atoms with Gasteiger partial charge < -0.3 is 24.8 Å². The Hall–Kier alpha value is -2.28. The molecule has 0 unspecified atom stereocenters. The number of likely N-dealkylation sites (N-methyl/N-ethyl adjacent to an activating group) is 1. The fourth-order valence-electron chi connectivity index (χ4n) is 2.66. The number of amides is 1. The van der Waals surface area contributed by atoms with Gasteiger partial charge in [0.2, 0.25) is 5.95 Å². The van der Waals surface area contributed by atoms with E-state index in [4.69, 9.17) is 10.5 Å². The Morgan fingerprint density at radius 1 is 1.24 bits per heavy atom. The highest BCUT2D eigenvalue weighted by Crippen LogP contribution is 2.29. The van der Waals surface area contributed by atoms with E-state index in [2.05, 4.69) is 21.8 Å². The first-order valence-electron chi connectivity index (χ1n) is 6.92. The van der Waals surface area contributed by atoms with Crippen LogP contribution in [0.25, 0.3) is 11.0 Å². The maximum Gasteiger partial charge on any atom is 0.410 e. The fraction of sp³-hybridized carbons (Fsp3) is 0.429. The second-order valence-corrected chi connectivity index (χ2v) is 5.31. The minimum atomic E-state index is -0.825. The zero-order valence-electron chi connectivity index (χ0n) is 12.2. The molecule has 0 atom stereocenters. The standard InChI is InChI=1S/C14H19N5O2/c1-17-6-8-19(9-7-17)14-16-12-10(18(14)2)4-3-5-11(12)21-13(15)20/h3-5H,6-9H2,1-2H3,(H2,15,20). The predicted molar refractivity (Wildman–Crippen MR) is 80.6 cm³/mol. The van der Waals surface area contributed by atoms with Crippen LogP contribution in [0, 0.1) is 0 Å². The molecule has 0 bridgehead atoms.